The smallest absolute Gasteiger partial charge is 0.251 e. The number of carbonyl (C=O) groups is 1. The summed E-state index contributed by atoms with van der Waals surface area (Å²) in [4.78, 5) is 13.1. The van der Waals surface area contributed by atoms with Gasteiger partial charge in [0.1, 0.15) is 17.6 Å². The lowest BCUT2D eigenvalue weighted by molar-refractivity contribution is -0.117. The highest BCUT2D eigenvalue weighted by Gasteiger charge is 2.22. The molecule has 0 spiro atoms. The number of aryl methyl sites for hydroxylation is 1. The van der Waals surface area contributed by atoms with Crippen molar-refractivity contribution in [1.82, 2.24) is 0 Å². The Hall–Kier alpha value is -3.05. The summed E-state index contributed by atoms with van der Waals surface area (Å²) in [6, 6.07) is 18.3. The van der Waals surface area contributed by atoms with E-state index < -0.39 is 11.9 Å². The molecule has 0 saturated heterocycles. The minimum absolute atomic E-state index is 0.0161. The van der Waals surface area contributed by atoms with Crippen molar-refractivity contribution in [2.45, 2.75) is 13.0 Å². The molecule has 1 amide bonds. The lowest BCUT2D eigenvalue weighted by atomic mass is 10.1. The van der Waals surface area contributed by atoms with E-state index in [0.717, 1.165) is 11.1 Å². The first-order valence-electron chi connectivity index (χ1n) is 8.70. The van der Waals surface area contributed by atoms with E-state index in [1.165, 1.54) is 18.2 Å². The molecule has 2 N–H and O–H groups in total. The Balaban J connectivity index is 1.91. The summed E-state index contributed by atoms with van der Waals surface area (Å²) in [5.41, 5.74) is 2.86. The van der Waals surface area contributed by atoms with Crippen LogP contribution in [0.2, 0.25) is 5.02 Å². The summed E-state index contributed by atoms with van der Waals surface area (Å²) in [6.45, 7) is 1.93. The molecule has 144 valence electrons. The van der Waals surface area contributed by atoms with Crippen molar-refractivity contribution in [2.75, 3.05) is 17.7 Å². The van der Waals surface area contributed by atoms with Crippen LogP contribution in [-0.4, -0.2) is 13.0 Å². The molecular formula is C22H20ClFN2O2. The maximum atomic E-state index is 13.5. The molecule has 0 bridgehead atoms. The fourth-order valence-corrected chi connectivity index (χ4v) is 3.00. The third-order valence-electron chi connectivity index (χ3n) is 4.24. The van der Waals surface area contributed by atoms with Crippen LogP contribution < -0.4 is 15.4 Å². The van der Waals surface area contributed by atoms with Gasteiger partial charge in [-0.3, -0.25) is 4.79 Å². The standard InChI is InChI=1S/C22H20ClFN2O2/c1-14-8-11-20(28-2)19(12-14)26-22(27)21(15-6-4-3-5-7-15)25-16-9-10-18(24)17(23)13-16/h3-13,21,25H,1-2H3,(H,26,27). The van der Waals surface area contributed by atoms with Crippen molar-refractivity contribution in [3.8, 4) is 5.75 Å². The summed E-state index contributed by atoms with van der Waals surface area (Å²) in [6.07, 6.45) is 0. The average Bonchev–Trinajstić information content (AvgIpc) is 2.69. The zero-order chi connectivity index (χ0) is 20.1. The number of amides is 1. The Morgan fingerprint density at radius 3 is 2.50 bits per heavy atom. The predicted molar refractivity (Wildman–Crippen MR) is 111 cm³/mol. The highest BCUT2D eigenvalue weighted by Crippen LogP contribution is 2.29. The number of halogens is 2. The zero-order valence-corrected chi connectivity index (χ0v) is 16.3. The van der Waals surface area contributed by atoms with Crippen LogP contribution in [0.15, 0.2) is 66.7 Å². The van der Waals surface area contributed by atoms with Gasteiger partial charge < -0.3 is 15.4 Å². The lowest BCUT2D eigenvalue weighted by Crippen LogP contribution is -2.27. The van der Waals surface area contributed by atoms with Gasteiger partial charge in [-0.1, -0.05) is 48.0 Å². The summed E-state index contributed by atoms with van der Waals surface area (Å²) >= 11 is 5.88. The molecule has 1 atom stereocenters. The Kier molecular flexibility index (Phi) is 6.16. The molecule has 0 aliphatic carbocycles. The van der Waals surface area contributed by atoms with Crippen LogP contribution in [-0.2, 0) is 4.79 Å². The number of benzene rings is 3. The highest BCUT2D eigenvalue weighted by molar-refractivity contribution is 6.31. The number of hydrogen-bond donors (Lipinski definition) is 2. The van der Waals surface area contributed by atoms with E-state index in [-0.39, 0.29) is 10.9 Å². The van der Waals surface area contributed by atoms with Gasteiger partial charge in [0.05, 0.1) is 17.8 Å². The van der Waals surface area contributed by atoms with Crippen molar-refractivity contribution in [3.05, 3.63) is 88.7 Å². The van der Waals surface area contributed by atoms with Gasteiger partial charge in [0.25, 0.3) is 5.91 Å². The van der Waals surface area contributed by atoms with Gasteiger partial charge in [-0.2, -0.15) is 0 Å². The topological polar surface area (TPSA) is 50.4 Å². The number of nitrogens with one attached hydrogen (secondary N) is 2. The lowest BCUT2D eigenvalue weighted by Gasteiger charge is -2.21. The van der Waals surface area contributed by atoms with Crippen molar-refractivity contribution < 1.29 is 13.9 Å². The SMILES string of the molecule is COc1ccc(C)cc1NC(=O)C(Nc1ccc(F)c(Cl)c1)c1ccccc1. The molecule has 3 rings (SSSR count). The molecule has 6 heteroatoms. The van der Waals surface area contributed by atoms with Crippen LogP contribution in [0.4, 0.5) is 15.8 Å². The van der Waals surface area contributed by atoms with Crippen LogP contribution in [0.5, 0.6) is 5.75 Å². The number of anilines is 2. The summed E-state index contributed by atoms with van der Waals surface area (Å²) < 4.78 is 18.8. The van der Waals surface area contributed by atoms with Crippen LogP contribution in [0.25, 0.3) is 0 Å². The Morgan fingerprint density at radius 1 is 1.07 bits per heavy atom. The third-order valence-corrected chi connectivity index (χ3v) is 4.53. The monoisotopic (exact) mass is 398 g/mol. The summed E-state index contributed by atoms with van der Waals surface area (Å²) in [5.74, 6) is -0.233. The van der Waals surface area contributed by atoms with Gasteiger partial charge in [0.2, 0.25) is 0 Å². The maximum absolute atomic E-state index is 13.5. The van der Waals surface area contributed by atoms with E-state index in [2.05, 4.69) is 10.6 Å². The largest absolute Gasteiger partial charge is 0.495 e. The maximum Gasteiger partial charge on any atom is 0.251 e. The number of hydrogen-bond acceptors (Lipinski definition) is 3. The quantitative estimate of drug-likeness (QED) is 0.569. The van der Waals surface area contributed by atoms with Gasteiger partial charge in [-0.25, -0.2) is 4.39 Å². The third kappa shape index (κ3) is 4.61. The first kappa shape index (κ1) is 19.7. The van der Waals surface area contributed by atoms with Crippen molar-refractivity contribution >= 4 is 28.9 Å². The molecule has 28 heavy (non-hydrogen) atoms. The molecule has 0 radical (unpaired) electrons. The van der Waals surface area contributed by atoms with Crippen LogP contribution in [0.1, 0.15) is 17.2 Å². The van der Waals surface area contributed by atoms with E-state index in [1.807, 2.05) is 49.4 Å². The van der Waals surface area contributed by atoms with Gasteiger partial charge in [0, 0.05) is 5.69 Å². The molecular weight excluding hydrogens is 379 g/mol. The van der Waals surface area contributed by atoms with E-state index >= 15 is 0 Å². The molecule has 0 aliphatic heterocycles. The molecule has 3 aromatic carbocycles. The first-order chi connectivity index (χ1) is 13.5. The Labute approximate surface area is 168 Å². The fraction of sp³-hybridized carbons (Fsp3) is 0.136. The summed E-state index contributed by atoms with van der Waals surface area (Å²) in [5, 5.41) is 6.03. The van der Waals surface area contributed by atoms with Gasteiger partial charge in [-0.15, -0.1) is 0 Å². The molecule has 0 aromatic heterocycles. The Bertz CT molecular complexity index is 980. The normalized spacial score (nSPS) is 11.6. The van der Waals surface area contributed by atoms with Crippen molar-refractivity contribution in [2.24, 2.45) is 0 Å². The zero-order valence-electron chi connectivity index (χ0n) is 15.5. The molecule has 1 unspecified atom stereocenters. The van der Waals surface area contributed by atoms with Gasteiger partial charge in [-0.05, 0) is 48.4 Å². The van der Waals surface area contributed by atoms with E-state index in [1.54, 1.807) is 13.2 Å². The number of carbonyl (C=O) groups excluding carboxylic acids is 1. The number of methoxy groups -OCH3 is 1. The highest BCUT2D eigenvalue weighted by atomic mass is 35.5. The second-order valence-corrected chi connectivity index (χ2v) is 6.72. The van der Waals surface area contributed by atoms with E-state index in [9.17, 15) is 9.18 Å². The molecule has 0 fully saturated rings. The van der Waals surface area contributed by atoms with Crippen LogP contribution in [0.3, 0.4) is 0 Å². The fourth-order valence-electron chi connectivity index (χ4n) is 2.82. The van der Waals surface area contributed by atoms with E-state index in [0.29, 0.717) is 17.1 Å². The van der Waals surface area contributed by atoms with Crippen molar-refractivity contribution in [1.29, 1.82) is 0 Å². The van der Waals surface area contributed by atoms with Crippen LogP contribution in [0, 0.1) is 12.7 Å². The minimum atomic E-state index is -0.715. The molecule has 0 saturated carbocycles. The van der Waals surface area contributed by atoms with Crippen molar-refractivity contribution in [3.63, 3.8) is 0 Å². The molecule has 0 heterocycles. The molecule has 3 aromatic rings. The Morgan fingerprint density at radius 2 is 1.82 bits per heavy atom. The van der Waals surface area contributed by atoms with E-state index in [4.69, 9.17) is 16.3 Å². The predicted octanol–water partition coefficient (Wildman–Crippen LogP) is 5.59. The second-order valence-electron chi connectivity index (χ2n) is 6.31. The number of rotatable bonds is 6. The van der Waals surface area contributed by atoms with Gasteiger partial charge in [0.15, 0.2) is 0 Å². The first-order valence-corrected chi connectivity index (χ1v) is 9.08. The number of ether oxygens (including phenoxy) is 1. The average molecular weight is 399 g/mol. The van der Waals surface area contributed by atoms with Gasteiger partial charge >= 0.3 is 0 Å². The summed E-state index contributed by atoms with van der Waals surface area (Å²) in [7, 11) is 1.55. The minimum Gasteiger partial charge on any atom is -0.495 e. The second kappa shape index (κ2) is 8.76. The van der Waals surface area contributed by atoms with Crippen LogP contribution >= 0.6 is 11.6 Å². The molecule has 0 aliphatic rings. The molecule has 4 nitrogen and oxygen atoms in total.